The number of methoxy groups -OCH3 is 1. The molecule has 0 unspecified atom stereocenters. The van der Waals surface area contributed by atoms with E-state index in [0.717, 1.165) is 24.4 Å². The Morgan fingerprint density at radius 3 is 2.22 bits per heavy atom. The van der Waals surface area contributed by atoms with Gasteiger partial charge in [0.2, 0.25) is 10.0 Å². The maximum Gasteiger partial charge on any atom is 0.356 e. The number of sulfonamides is 1. The summed E-state index contributed by atoms with van der Waals surface area (Å²) in [5, 5.41) is 8.90. The van der Waals surface area contributed by atoms with Crippen molar-refractivity contribution in [1.82, 2.24) is 19.6 Å². The van der Waals surface area contributed by atoms with E-state index in [1.165, 1.54) is 48.2 Å². The number of halogens is 4. The van der Waals surface area contributed by atoms with Crippen molar-refractivity contribution < 1.29 is 30.8 Å². The molecule has 0 radical (unpaired) electrons. The fourth-order valence-corrected chi connectivity index (χ4v) is 3.43. The van der Waals surface area contributed by atoms with Gasteiger partial charge >= 0.3 is 5.69 Å². The zero-order valence-electron chi connectivity index (χ0n) is 18.2. The van der Waals surface area contributed by atoms with Gasteiger partial charge in [0.1, 0.15) is 5.69 Å². The summed E-state index contributed by atoms with van der Waals surface area (Å²) in [5.41, 5.74) is -1.35. The molecule has 0 saturated carbocycles. The maximum atomic E-state index is 14.0. The van der Waals surface area contributed by atoms with E-state index in [1.807, 2.05) is 0 Å². The van der Waals surface area contributed by atoms with Crippen molar-refractivity contribution in [3.8, 4) is 22.7 Å². The molecule has 2 aromatic heterocycles. The van der Waals surface area contributed by atoms with Crippen LogP contribution in [0.1, 0.15) is 12.1 Å². The first kappa shape index (κ1) is 26.4. The highest BCUT2D eigenvalue weighted by Crippen LogP contribution is 2.31. The molecule has 4 aromatic rings. The van der Waals surface area contributed by atoms with E-state index < -0.39 is 39.2 Å². The Kier molecular flexibility index (Phi) is 7.74. The van der Waals surface area contributed by atoms with Gasteiger partial charge in [-0.15, -0.1) is 4.79 Å². The molecule has 3 N–H and O–H groups in total. The van der Waals surface area contributed by atoms with Gasteiger partial charge in [0.05, 0.1) is 23.4 Å². The third-order valence-electron chi connectivity index (χ3n) is 4.59. The average molecular weight is 527 g/mol. The van der Waals surface area contributed by atoms with Crippen molar-refractivity contribution in [3.05, 3.63) is 93.1 Å². The Hall–Kier alpha value is -4.24. The lowest BCUT2D eigenvalue weighted by Crippen LogP contribution is -2.24. The van der Waals surface area contributed by atoms with E-state index >= 15 is 0 Å². The lowest BCUT2D eigenvalue weighted by molar-refractivity contribution is 0.145. The van der Waals surface area contributed by atoms with Crippen molar-refractivity contribution in [2.24, 2.45) is 5.14 Å². The van der Waals surface area contributed by atoms with E-state index in [-0.39, 0.29) is 21.1 Å². The molecule has 15 heteroatoms. The minimum absolute atomic E-state index is 0.0106. The monoisotopic (exact) mass is 527 g/mol. The zero-order chi connectivity index (χ0) is 26.6. The highest BCUT2D eigenvalue weighted by Gasteiger charge is 2.19. The summed E-state index contributed by atoms with van der Waals surface area (Å²) in [6.45, 7) is 0. The lowest BCUT2D eigenvalue weighted by atomic mass is 10.1. The van der Waals surface area contributed by atoms with E-state index in [0.29, 0.717) is 11.3 Å². The summed E-state index contributed by atoms with van der Waals surface area (Å²) in [7, 11) is -2.59. The molecule has 190 valence electrons. The molecule has 0 aliphatic carbocycles. The van der Waals surface area contributed by atoms with Crippen molar-refractivity contribution in [2.75, 3.05) is 7.11 Å². The van der Waals surface area contributed by atoms with E-state index in [2.05, 4.69) is 5.10 Å². The number of hydrogen-bond donors (Lipinski definition) is 2. The standard InChI is InChI=1S/C17H14F3N3O3S.C4H3FN2O2/c1-26-16-7-2-10(8-13(16)18)15-9-14(17(19)20)22-23(15)11-3-5-12(6-4-11)27(21,24)25;5-7-2-1-3(8)6-4(7)9/h2-9,17H,1H3,(H2,21,24,25);1-2H,(H,6,8,9). The molecule has 0 saturated heterocycles. The first-order chi connectivity index (χ1) is 16.9. The van der Waals surface area contributed by atoms with Crippen LogP contribution in [-0.4, -0.2) is 35.1 Å². The molecule has 0 spiro atoms. The van der Waals surface area contributed by atoms with Crippen molar-refractivity contribution in [2.45, 2.75) is 11.3 Å². The van der Waals surface area contributed by atoms with Gasteiger partial charge in [0.25, 0.3) is 12.0 Å². The van der Waals surface area contributed by atoms with Crippen LogP contribution in [-0.2, 0) is 10.0 Å². The normalized spacial score (nSPS) is 11.2. The quantitative estimate of drug-likeness (QED) is 0.382. The number of benzene rings is 2. The van der Waals surface area contributed by atoms with Gasteiger partial charge in [-0.2, -0.15) is 5.10 Å². The van der Waals surface area contributed by atoms with Crippen LogP contribution in [0.15, 0.2) is 75.3 Å². The lowest BCUT2D eigenvalue weighted by Gasteiger charge is -2.09. The van der Waals surface area contributed by atoms with Gasteiger partial charge in [-0.25, -0.2) is 36.2 Å². The SMILES string of the molecule is COc1ccc(-c2cc(C(F)F)nn2-c2ccc(S(N)(=O)=O)cc2)cc1F.O=c1ccn(F)c(=O)[nH]1. The second-order valence-electron chi connectivity index (χ2n) is 6.98. The molecule has 0 aliphatic heterocycles. The number of rotatable bonds is 5. The van der Waals surface area contributed by atoms with Crippen molar-refractivity contribution >= 4 is 10.0 Å². The fourth-order valence-electron chi connectivity index (χ4n) is 2.91. The number of nitrogens with zero attached hydrogens (tertiary/aromatic N) is 3. The Morgan fingerprint density at radius 2 is 1.72 bits per heavy atom. The number of hydrogen-bond acceptors (Lipinski definition) is 6. The molecular weight excluding hydrogens is 510 g/mol. The maximum absolute atomic E-state index is 14.0. The highest BCUT2D eigenvalue weighted by atomic mass is 32.2. The molecule has 0 fully saturated rings. The largest absolute Gasteiger partial charge is 0.494 e. The molecule has 0 aliphatic rings. The molecular formula is C21H17F4N5O5S. The van der Waals surface area contributed by atoms with Crippen LogP contribution in [0.25, 0.3) is 16.9 Å². The van der Waals surface area contributed by atoms with Gasteiger partial charge in [0, 0.05) is 17.8 Å². The van der Waals surface area contributed by atoms with Crippen molar-refractivity contribution in [3.63, 3.8) is 0 Å². The van der Waals surface area contributed by atoms with Gasteiger partial charge in [-0.05, 0) is 48.5 Å². The fraction of sp³-hybridized carbons (Fsp3) is 0.0952. The number of H-pyrrole nitrogens is 1. The number of aromatic nitrogens is 4. The van der Waals surface area contributed by atoms with Crippen molar-refractivity contribution in [1.29, 1.82) is 0 Å². The van der Waals surface area contributed by atoms with Gasteiger partial charge in [0.15, 0.2) is 11.6 Å². The Balaban J connectivity index is 0.000000338. The summed E-state index contributed by atoms with van der Waals surface area (Å²) in [6.07, 6.45) is -2.09. The molecule has 0 atom stereocenters. The highest BCUT2D eigenvalue weighted by molar-refractivity contribution is 7.89. The number of primary sulfonamides is 1. The van der Waals surface area contributed by atoms with Gasteiger partial charge < -0.3 is 4.74 Å². The summed E-state index contributed by atoms with van der Waals surface area (Å²) >= 11 is 0. The first-order valence-corrected chi connectivity index (χ1v) is 11.3. The Bertz CT molecular complexity index is 1600. The second-order valence-corrected chi connectivity index (χ2v) is 8.54. The number of nitrogens with two attached hydrogens (primary N) is 1. The van der Waals surface area contributed by atoms with Crippen LogP contribution < -0.4 is 21.1 Å². The summed E-state index contributed by atoms with van der Waals surface area (Å²) in [6, 6.07) is 11.3. The van der Waals surface area contributed by atoms with Crippen LogP contribution in [0.5, 0.6) is 5.75 Å². The van der Waals surface area contributed by atoms with E-state index in [4.69, 9.17) is 9.88 Å². The molecule has 0 bridgehead atoms. The molecule has 0 amide bonds. The predicted molar refractivity (Wildman–Crippen MR) is 120 cm³/mol. The molecule has 4 rings (SSSR count). The third kappa shape index (κ3) is 6.05. The van der Waals surface area contributed by atoms with Crippen LogP contribution in [0.3, 0.4) is 0 Å². The van der Waals surface area contributed by atoms with Gasteiger partial charge in [-0.3, -0.25) is 9.78 Å². The molecule has 2 heterocycles. The van der Waals surface area contributed by atoms with Crippen LogP contribution in [0.2, 0.25) is 0 Å². The molecule has 10 nitrogen and oxygen atoms in total. The topological polar surface area (TPSA) is 142 Å². The predicted octanol–water partition coefficient (Wildman–Crippen LogP) is 2.54. The minimum Gasteiger partial charge on any atom is -0.494 e. The van der Waals surface area contributed by atoms with Crippen LogP contribution in [0.4, 0.5) is 17.7 Å². The van der Waals surface area contributed by atoms with Crippen LogP contribution >= 0.6 is 0 Å². The number of nitrogens with one attached hydrogen (secondary N) is 1. The number of ether oxygens (including phenoxy) is 1. The van der Waals surface area contributed by atoms with Crippen LogP contribution in [0, 0.1) is 5.82 Å². The average Bonchev–Trinajstić information content (AvgIpc) is 3.27. The summed E-state index contributed by atoms with van der Waals surface area (Å²) in [5.74, 6) is -0.651. The number of alkyl halides is 2. The van der Waals surface area contributed by atoms with E-state index in [9.17, 15) is 35.7 Å². The summed E-state index contributed by atoms with van der Waals surface area (Å²) < 4.78 is 81.0. The third-order valence-corrected chi connectivity index (χ3v) is 5.52. The molecule has 2 aromatic carbocycles. The zero-order valence-corrected chi connectivity index (χ0v) is 19.0. The summed E-state index contributed by atoms with van der Waals surface area (Å²) in [4.78, 5) is 21.8. The smallest absolute Gasteiger partial charge is 0.356 e. The second kappa shape index (κ2) is 10.6. The Labute approximate surface area is 200 Å². The number of aromatic amines is 1. The minimum atomic E-state index is -3.90. The Morgan fingerprint density at radius 1 is 1.06 bits per heavy atom. The van der Waals surface area contributed by atoms with Gasteiger partial charge in [-0.1, -0.05) is 4.48 Å². The first-order valence-electron chi connectivity index (χ1n) is 9.74. The van der Waals surface area contributed by atoms with E-state index in [1.54, 1.807) is 4.98 Å². The molecule has 36 heavy (non-hydrogen) atoms.